The molecule has 14 heteroatoms. The van der Waals surface area contributed by atoms with Gasteiger partial charge in [0, 0.05) is 0 Å². The largest absolute Gasteiger partial charge is 0.481 e. The number of amides is 4. The quantitative estimate of drug-likeness (QED) is 0.104. The zero-order chi connectivity index (χ0) is 26.4. The number of nitrogens with two attached hydrogens (primary N) is 2. The summed E-state index contributed by atoms with van der Waals surface area (Å²) in [5.41, 5.74) is 11.0. The summed E-state index contributed by atoms with van der Waals surface area (Å²) in [7, 11) is 0. The molecule has 4 atom stereocenters. The molecule has 4 amide bonds. The van der Waals surface area contributed by atoms with Crippen LogP contribution in [0.25, 0.3) is 0 Å². The molecule has 0 spiro atoms. The lowest BCUT2D eigenvalue weighted by Gasteiger charge is -2.27. The summed E-state index contributed by atoms with van der Waals surface area (Å²) < 4.78 is 0. The minimum atomic E-state index is -1.36. The van der Waals surface area contributed by atoms with Crippen molar-refractivity contribution in [1.82, 2.24) is 21.3 Å². The third kappa shape index (κ3) is 12.1. The Labute approximate surface area is 197 Å². The van der Waals surface area contributed by atoms with E-state index in [4.69, 9.17) is 21.7 Å². The Kier molecular flexibility index (Phi) is 14.1. The van der Waals surface area contributed by atoms with Crippen LogP contribution in [0.2, 0.25) is 0 Å². The maximum absolute atomic E-state index is 12.9. The van der Waals surface area contributed by atoms with Crippen LogP contribution in [0.3, 0.4) is 0 Å². The first-order valence-corrected chi connectivity index (χ1v) is 10.9. The molecule has 0 aliphatic heterocycles. The van der Waals surface area contributed by atoms with Gasteiger partial charge in [0.2, 0.25) is 23.6 Å². The lowest BCUT2D eigenvalue weighted by atomic mass is 10.0. The van der Waals surface area contributed by atoms with E-state index in [0.717, 1.165) is 0 Å². The van der Waals surface area contributed by atoms with Crippen LogP contribution in [0.4, 0.5) is 0 Å². The average Bonchev–Trinajstić information content (AvgIpc) is 2.73. The molecular formula is C20H36N6O8. The Bertz CT molecular complexity index is 745. The maximum Gasteiger partial charge on any atom is 0.322 e. The molecule has 194 valence electrons. The normalized spacial score (nSPS) is 14.3. The second-order valence-electron chi connectivity index (χ2n) is 8.12. The van der Waals surface area contributed by atoms with Crippen LogP contribution < -0.4 is 32.7 Å². The van der Waals surface area contributed by atoms with Crippen molar-refractivity contribution in [3.63, 3.8) is 0 Å². The van der Waals surface area contributed by atoms with E-state index in [0.29, 0.717) is 19.4 Å². The molecule has 0 heterocycles. The average molecular weight is 489 g/mol. The van der Waals surface area contributed by atoms with Gasteiger partial charge >= 0.3 is 11.9 Å². The van der Waals surface area contributed by atoms with Gasteiger partial charge in [0.15, 0.2) is 0 Å². The van der Waals surface area contributed by atoms with Gasteiger partial charge in [0.1, 0.15) is 24.7 Å². The van der Waals surface area contributed by atoms with Crippen molar-refractivity contribution >= 4 is 35.6 Å². The predicted molar refractivity (Wildman–Crippen MR) is 120 cm³/mol. The zero-order valence-corrected chi connectivity index (χ0v) is 19.6. The van der Waals surface area contributed by atoms with E-state index in [1.54, 1.807) is 13.8 Å². The first-order valence-electron chi connectivity index (χ1n) is 10.9. The van der Waals surface area contributed by atoms with Crippen molar-refractivity contribution < 1.29 is 39.0 Å². The number of carboxylic acid groups (broad SMARTS) is 2. The molecular weight excluding hydrogens is 452 g/mol. The number of hydrogen-bond acceptors (Lipinski definition) is 8. The van der Waals surface area contributed by atoms with Gasteiger partial charge in [-0.25, -0.2) is 0 Å². The van der Waals surface area contributed by atoms with Gasteiger partial charge < -0.3 is 42.9 Å². The minimum absolute atomic E-state index is 0.176. The minimum Gasteiger partial charge on any atom is -0.481 e. The molecule has 34 heavy (non-hydrogen) atoms. The standard InChI is InChI=1S/C20H36N6O8/c1-10(2)16(20(34)24-11(3)17(31)23-9-15(29)30)26-19(33)13(6-4-5-7-21)25-18(32)12(22)8-14(27)28/h10-13,16H,4-9,21-22H2,1-3H3,(H,23,31)(H,24,34)(H,25,32)(H,26,33)(H,27,28)(H,29,30)/t11-,12-,13-,16-/m0/s1. The maximum atomic E-state index is 12.9. The summed E-state index contributed by atoms with van der Waals surface area (Å²) in [5.74, 6) is -5.85. The van der Waals surface area contributed by atoms with Gasteiger partial charge in [-0.05, 0) is 38.6 Å². The molecule has 10 N–H and O–H groups in total. The van der Waals surface area contributed by atoms with E-state index in [1.807, 2.05) is 0 Å². The molecule has 0 rings (SSSR count). The number of nitrogens with one attached hydrogen (secondary N) is 4. The van der Waals surface area contributed by atoms with Crippen molar-refractivity contribution in [3.8, 4) is 0 Å². The van der Waals surface area contributed by atoms with Gasteiger partial charge in [-0.2, -0.15) is 0 Å². The molecule has 0 aromatic heterocycles. The second-order valence-corrected chi connectivity index (χ2v) is 8.12. The number of rotatable bonds is 16. The van der Waals surface area contributed by atoms with Crippen LogP contribution in [0, 0.1) is 5.92 Å². The predicted octanol–water partition coefficient (Wildman–Crippen LogP) is -2.75. The third-order valence-corrected chi connectivity index (χ3v) is 4.72. The monoisotopic (exact) mass is 488 g/mol. The highest BCUT2D eigenvalue weighted by Crippen LogP contribution is 2.07. The zero-order valence-electron chi connectivity index (χ0n) is 19.6. The Morgan fingerprint density at radius 3 is 1.91 bits per heavy atom. The van der Waals surface area contributed by atoms with Crippen LogP contribution in [0.5, 0.6) is 0 Å². The summed E-state index contributed by atoms with van der Waals surface area (Å²) in [6, 6.07) is -4.61. The molecule has 0 aromatic rings. The fourth-order valence-corrected chi connectivity index (χ4v) is 2.79. The van der Waals surface area contributed by atoms with Crippen molar-refractivity contribution in [2.45, 2.75) is 70.6 Å². The summed E-state index contributed by atoms with van der Waals surface area (Å²) in [6.07, 6.45) is 0.594. The summed E-state index contributed by atoms with van der Waals surface area (Å²) in [4.78, 5) is 71.1. The number of carboxylic acids is 2. The Balaban J connectivity index is 5.30. The van der Waals surface area contributed by atoms with Crippen LogP contribution in [-0.2, 0) is 28.8 Å². The lowest BCUT2D eigenvalue weighted by molar-refractivity contribution is -0.140. The molecule has 0 radical (unpaired) electrons. The Hall–Kier alpha value is -3.26. The molecule has 0 saturated carbocycles. The molecule has 0 bridgehead atoms. The topological polar surface area (TPSA) is 243 Å². The van der Waals surface area contributed by atoms with Gasteiger partial charge in [-0.1, -0.05) is 13.8 Å². The van der Waals surface area contributed by atoms with Crippen molar-refractivity contribution in [1.29, 1.82) is 0 Å². The molecule has 0 aliphatic rings. The fraction of sp³-hybridized carbons (Fsp3) is 0.700. The van der Waals surface area contributed by atoms with E-state index >= 15 is 0 Å². The van der Waals surface area contributed by atoms with E-state index in [9.17, 15) is 28.8 Å². The second kappa shape index (κ2) is 15.6. The van der Waals surface area contributed by atoms with Crippen molar-refractivity contribution in [2.75, 3.05) is 13.1 Å². The first kappa shape index (κ1) is 30.7. The van der Waals surface area contributed by atoms with E-state index in [1.165, 1.54) is 6.92 Å². The molecule has 14 nitrogen and oxygen atoms in total. The smallest absolute Gasteiger partial charge is 0.322 e. The summed E-state index contributed by atoms with van der Waals surface area (Å²) in [6.45, 7) is 4.42. The van der Waals surface area contributed by atoms with Gasteiger partial charge in [-0.15, -0.1) is 0 Å². The molecule has 0 aromatic carbocycles. The number of hydrogen-bond donors (Lipinski definition) is 8. The number of carbonyl (C=O) groups excluding carboxylic acids is 4. The van der Waals surface area contributed by atoms with Crippen LogP contribution >= 0.6 is 0 Å². The highest BCUT2D eigenvalue weighted by molar-refractivity contribution is 5.95. The van der Waals surface area contributed by atoms with Crippen molar-refractivity contribution in [2.24, 2.45) is 17.4 Å². The van der Waals surface area contributed by atoms with Gasteiger partial charge in [-0.3, -0.25) is 28.8 Å². The molecule has 0 saturated heterocycles. The highest BCUT2D eigenvalue weighted by atomic mass is 16.4. The Morgan fingerprint density at radius 1 is 0.794 bits per heavy atom. The van der Waals surface area contributed by atoms with E-state index < -0.39 is 78.6 Å². The van der Waals surface area contributed by atoms with E-state index in [2.05, 4.69) is 21.3 Å². The van der Waals surface area contributed by atoms with Crippen molar-refractivity contribution in [3.05, 3.63) is 0 Å². The van der Waals surface area contributed by atoms with Gasteiger partial charge in [0.05, 0.1) is 12.5 Å². The van der Waals surface area contributed by atoms with E-state index in [-0.39, 0.29) is 6.42 Å². The number of unbranched alkanes of at least 4 members (excludes halogenated alkanes) is 1. The molecule has 0 aliphatic carbocycles. The highest BCUT2D eigenvalue weighted by Gasteiger charge is 2.31. The summed E-state index contributed by atoms with van der Waals surface area (Å²) >= 11 is 0. The van der Waals surface area contributed by atoms with Crippen LogP contribution in [0.15, 0.2) is 0 Å². The first-order chi connectivity index (χ1) is 15.8. The number of carbonyl (C=O) groups is 6. The van der Waals surface area contributed by atoms with Crippen LogP contribution in [-0.4, -0.2) is 83.0 Å². The van der Waals surface area contributed by atoms with Crippen LogP contribution in [0.1, 0.15) is 46.5 Å². The van der Waals surface area contributed by atoms with Gasteiger partial charge in [0.25, 0.3) is 0 Å². The third-order valence-electron chi connectivity index (χ3n) is 4.72. The molecule has 0 unspecified atom stereocenters. The number of aliphatic carboxylic acids is 2. The molecule has 0 fully saturated rings. The Morgan fingerprint density at radius 2 is 1.41 bits per heavy atom. The SMILES string of the molecule is CC(C)[C@H](NC(=O)[C@H](CCCCN)NC(=O)[C@@H](N)CC(=O)O)C(=O)N[C@@H](C)C(=O)NCC(=O)O. The lowest BCUT2D eigenvalue weighted by Crippen LogP contribution is -2.58. The fourth-order valence-electron chi connectivity index (χ4n) is 2.79. The summed E-state index contributed by atoms with van der Waals surface area (Å²) in [5, 5.41) is 27.0.